The van der Waals surface area contributed by atoms with Crippen molar-refractivity contribution in [3.05, 3.63) is 65.7 Å². The molecule has 0 saturated carbocycles. The summed E-state index contributed by atoms with van der Waals surface area (Å²) in [5.74, 6) is -0.0478. The van der Waals surface area contributed by atoms with Crippen LogP contribution in [0.5, 0.6) is 0 Å². The molecule has 194 valence electrons. The van der Waals surface area contributed by atoms with E-state index in [1.165, 1.54) is 0 Å². The fourth-order valence-electron chi connectivity index (χ4n) is 4.30. The third-order valence-corrected chi connectivity index (χ3v) is 6.36. The van der Waals surface area contributed by atoms with Gasteiger partial charge < -0.3 is 19.9 Å². The fourth-order valence-corrected chi connectivity index (χ4v) is 4.30. The Hall–Kier alpha value is -3.35. The van der Waals surface area contributed by atoms with Gasteiger partial charge in [-0.3, -0.25) is 9.59 Å². The Bertz CT molecular complexity index is 1020. The van der Waals surface area contributed by atoms with E-state index in [4.69, 9.17) is 4.74 Å². The van der Waals surface area contributed by atoms with Gasteiger partial charge in [-0.1, -0.05) is 48.5 Å². The minimum Gasteiger partial charge on any atom is -0.444 e. The summed E-state index contributed by atoms with van der Waals surface area (Å²) in [5.41, 5.74) is 2.14. The first-order chi connectivity index (χ1) is 17.2. The van der Waals surface area contributed by atoms with E-state index in [-0.39, 0.29) is 23.8 Å². The highest BCUT2D eigenvalue weighted by Crippen LogP contribution is 2.23. The number of nitrogens with zero attached hydrogens (tertiary/aromatic N) is 2. The van der Waals surface area contributed by atoms with E-state index in [2.05, 4.69) is 5.32 Å². The van der Waals surface area contributed by atoms with Gasteiger partial charge in [0.25, 0.3) is 0 Å². The Morgan fingerprint density at radius 3 is 2.28 bits per heavy atom. The van der Waals surface area contributed by atoms with E-state index >= 15 is 0 Å². The number of carbonyl (C=O) groups excluding carboxylic acids is 3. The van der Waals surface area contributed by atoms with Gasteiger partial charge in [0.2, 0.25) is 11.8 Å². The lowest BCUT2D eigenvalue weighted by atomic mass is 9.95. The number of benzene rings is 2. The molecule has 1 aliphatic rings. The summed E-state index contributed by atoms with van der Waals surface area (Å²) in [6, 6.07) is 17.6. The molecule has 0 bridgehead atoms. The van der Waals surface area contributed by atoms with Crippen LogP contribution in [0.4, 0.5) is 10.5 Å². The molecule has 0 atom stereocenters. The van der Waals surface area contributed by atoms with Crippen molar-refractivity contribution in [3.63, 3.8) is 0 Å². The average Bonchev–Trinajstić information content (AvgIpc) is 2.86. The Labute approximate surface area is 214 Å². The van der Waals surface area contributed by atoms with Gasteiger partial charge in [0.05, 0.1) is 6.54 Å². The largest absolute Gasteiger partial charge is 0.444 e. The zero-order chi connectivity index (χ0) is 26.1. The highest BCUT2D eigenvalue weighted by molar-refractivity contribution is 5.93. The number of hydrogen-bond donors (Lipinski definition) is 1. The maximum absolute atomic E-state index is 13.1. The van der Waals surface area contributed by atoms with Crippen LogP contribution in [-0.4, -0.2) is 52.9 Å². The van der Waals surface area contributed by atoms with Gasteiger partial charge in [-0.25, -0.2) is 4.79 Å². The van der Waals surface area contributed by atoms with Crippen LogP contribution < -0.4 is 5.32 Å². The van der Waals surface area contributed by atoms with Gasteiger partial charge in [0.1, 0.15) is 5.60 Å². The van der Waals surface area contributed by atoms with Crippen molar-refractivity contribution in [1.82, 2.24) is 9.80 Å². The van der Waals surface area contributed by atoms with Crippen LogP contribution in [-0.2, 0) is 27.3 Å². The van der Waals surface area contributed by atoms with Crippen LogP contribution in [0.3, 0.4) is 0 Å². The molecule has 0 aliphatic carbocycles. The molecular formula is C29H39N3O4. The number of nitrogens with one attached hydrogen (secondary N) is 1. The van der Waals surface area contributed by atoms with E-state index in [1.807, 2.05) is 87.2 Å². The first-order valence-electron chi connectivity index (χ1n) is 12.8. The van der Waals surface area contributed by atoms with Crippen molar-refractivity contribution in [2.75, 3.05) is 25.0 Å². The molecule has 7 heteroatoms. The maximum atomic E-state index is 13.1. The van der Waals surface area contributed by atoms with Crippen molar-refractivity contribution < 1.29 is 19.1 Å². The van der Waals surface area contributed by atoms with Crippen LogP contribution in [0, 0.1) is 5.92 Å². The molecule has 1 fully saturated rings. The average molecular weight is 494 g/mol. The van der Waals surface area contributed by atoms with Crippen molar-refractivity contribution in [3.8, 4) is 0 Å². The summed E-state index contributed by atoms with van der Waals surface area (Å²) in [5, 5.41) is 3.07. The summed E-state index contributed by atoms with van der Waals surface area (Å²) < 4.78 is 5.52. The highest BCUT2D eigenvalue weighted by Gasteiger charge is 2.28. The molecule has 2 aromatic carbocycles. The van der Waals surface area contributed by atoms with Crippen molar-refractivity contribution in [2.24, 2.45) is 5.92 Å². The third-order valence-electron chi connectivity index (χ3n) is 6.36. The monoisotopic (exact) mass is 493 g/mol. The Morgan fingerprint density at radius 2 is 1.64 bits per heavy atom. The number of carbonyl (C=O) groups is 3. The fraction of sp³-hybridized carbons (Fsp3) is 0.483. The SMILES string of the molecule is CCN(Cc1ccccc1NC(=O)C1CCN(C(=O)CCc2ccccc2)CC1)C(=O)OC(C)(C)C. The Kier molecular flexibility index (Phi) is 9.51. The molecule has 7 nitrogen and oxygen atoms in total. The zero-order valence-electron chi connectivity index (χ0n) is 22.0. The number of aryl methyl sites for hydroxylation is 1. The normalized spacial score (nSPS) is 14.3. The third kappa shape index (κ3) is 8.11. The minimum absolute atomic E-state index is 0.0425. The highest BCUT2D eigenvalue weighted by atomic mass is 16.6. The molecule has 3 amide bonds. The lowest BCUT2D eigenvalue weighted by molar-refractivity contribution is -0.134. The molecule has 1 N–H and O–H groups in total. The van der Waals surface area contributed by atoms with E-state index in [0.717, 1.165) is 17.5 Å². The zero-order valence-corrected chi connectivity index (χ0v) is 22.0. The molecule has 36 heavy (non-hydrogen) atoms. The number of piperidine rings is 1. The predicted molar refractivity (Wildman–Crippen MR) is 141 cm³/mol. The van der Waals surface area contributed by atoms with Gasteiger partial charge in [-0.2, -0.15) is 0 Å². The van der Waals surface area contributed by atoms with Crippen LogP contribution in [0.25, 0.3) is 0 Å². The van der Waals surface area contributed by atoms with Crippen molar-refractivity contribution in [2.45, 2.75) is 65.5 Å². The first-order valence-corrected chi connectivity index (χ1v) is 12.8. The second-order valence-corrected chi connectivity index (χ2v) is 10.3. The summed E-state index contributed by atoms with van der Waals surface area (Å²) in [7, 11) is 0. The van der Waals surface area contributed by atoms with Crippen LogP contribution in [0.2, 0.25) is 0 Å². The van der Waals surface area contributed by atoms with Crippen molar-refractivity contribution >= 4 is 23.6 Å². The van der Waals surface area contributed by atoms with E-state index in [9.17, 15) is 14.4 Å². The Morgan fingerprint density at radius 1 is 1.00 bits per heavy atom. The second kappa shape index (κ2) is 12.6. The molecule has 1 aliphatic heterocycles. The predicted octanol–water partition coefficient (Wildman–Crippen LogP) is 5.25. The maximum Gasteiger partial charge on any atom is 0.410 e. The first kappa shape index (κ1) is 27.2. The van der Waals surface area contributed by atoms with Crippen LogP contribution >= 0.6 is 0 Å². The second-order valence-electron chi connectivity index (χ2n) is 10.3. The molecule has 0 unspecified atom stereocenters. The molecule has 1 saturated heterocycles. The molecular weight excluding hydrogens is 454 g/mol. The number of ether oxygens (including phenoxy) is 1. The molecule has 0 spiro atoms. The summed E-state index contributed by atoms with van der Waals surface area (Å²) in [6.07, 6.45) is 2.12. The summed E-state index contributed by atoms with van der Waals surface area (Å²) in [4.78, 5) is 41.8. The Balaban J connectivity index is 1.52. The lowest BCUT2D eigenvalue weighted by Gasteiger charge is -2.31. The number of rotatable bonds is 8. The van der Waals surface area contributed by atoms with Gasteiger partial charge in [-0.05, 0) is 64.2 Å². The molecule has 0 aromatic heterocycles. The van der Waals surface area contributed by atoms with Gasteiger partial charge in [0, 0.05) is 37.7 Å². The van der Waals surface area contributed by atoms with Gasteiger partial charge in [0.15, 0.2) is 0 Å². The van der Waals surface area contributed by atoms with Crippen LogP contribution in [0.1, 0.15) is 58.1 Å². The summed E-state index contributed by atoms with van der Waals surface area (Å²) in [6.45, 7) is 9.45. The number of para-hydroxylation sites is 1. The quantitative estimate of drug-likeness (QED) is 0.545. The molecule has 1 heterocycles. The standard InChI is InChI=1S/C29H39N3O4/c1-5-31(28(35)36-29(2,3)4)21-24-13-9-10-14-25(24)30-27(34)23-17-19-32(20-18-23)26(33)16-15-22-11-7-6-8-12-22/h6-14,23H,5,15-21H2,1-4H3,(H,30,34). The number of anilines is 1. The minimum atomic E-state index is -0.573. The van der Waals surface area contributed by atoms with Gasteiger partial charge >= 0.3 is 6.09 Å². The summed E-state index contributed by atoms with van der Waals surface area (Å²) >= 11 is 0. The topological polar surface area (TPSA) is 79.0 Å². The van der Waals surface area contributed by atoms with E-state index < -0.39 is 5.60 Å². The van der Waals surface area contributed by atoms with Crippen molar-refractivity contribution in [1.29, 1.82) is 0 Å². The molecule has 2 aromatic rings. The smallest absolute Gasteiger partial charge is 0.410 e. The van der Waals surface area contributed by atoms with Gasteiger partial charge in [-0.15, -0.1) is 0 Å². The van der Waals surface area contributed by atoms with Crippen LogP contribution in [0.15, 0.2) is 54.6 Å². The number of amides is 3. The van der Waals surface area contributed by atoms with E-state index in [1.54, 1.807) is 4.90 Å². The lowest BCUT2D eigenvalue weighted by Crippen LogP contribution is -2.41. The number of hydrogen-bond acceptors (Lipinski definition) is 4. The molecule has 0 radical (unpaired) electrons. The number of likely N-dealkylation sites (tertiary alicyclic amines) is 1. The van der Waals surface area contributed by atoms with E-state index in [0.29, 0.717) is 51.1 Å². The molecule has 3 rings (SSSR count).